The summed E-state index contributed by atoms with van der Waals surface area (Å²) in [4.78, 5) is 37.4. The molecule has 3 rings (SSSR count). The molecule has 20 heavy (non-hydrogen) atoms. The monoisotopic (exact) mass is 274 g/mol. The lowest BCUT2D eigenvalue weighted by atomic mass is 9.71. The summed E-state index contributed by atoms with van der Waals surface area (Å²) in [7, 11) is 0. The van der Waals surface area contributed by atoms with Gasteiger partial charge in [0.05, 0.1) is 5.92 Å². The number of nitrogens with one attached hydrogen (secondary N) is 1. The molecular weight excluding hydrogens is 256 g/mol. The number of nitrogens with zero attached hydrogens (tertiary/aromatic N) is 1. The molecule has 0 aromatic carbocycles. The fourth-order valence-corrected chi connectivity index (χ4v) is 3.39. The van der Waals surface area contributed by atoms with Crippen molar-refractivity contribution >= 4 is 17.7 Å². The molecule has 5 heteroatoms. The van der Waals surface area contributed by atoms with Crippen molar-refractivity contribution in [3.05, 3.63) is 23.8 Å². The Morgan fingerprint density at radius 2 is 2.10 bits per heavy atom. The number of carbonyl (C=O) groups excluding carboxylic acids is 3. The fourth-order valence-electron chi connectivity index (χ4n) is 3.39. The van der Waals surface area contributed by atoms with Gasteiger partial charge in [-0.05, 0) is 13.3 Å². The second-order valence-electron chi connectivity index (χ2n) is 6.06. The molecule has 0 saturated carbocycles. The zero-order valence-corrected chi connectivity index (χ0v) is 11.7. The van der Waals surface area contributed by atoms with E-state index in [-0.39, 0.29) is 29.1 Å². The van der Waals surface area contributed by atoms with Crippen molar-refractivity contribution in [3.63, 3.8) is 0 Å². The van der Waals surface area contributed by atoms with E-state index >= 15 is 0 Å². The molecule has 3 aliphatic rings. The summed E-state index contributed by atoms with van der Waals surface area (Å²) in [5.41, 5.74) is 0.918. The first-order chi connectivity index (χ1) is 9.43. The average molecular weight is 274 g/mol. The van der Waals surface area contributed by atoms with Crippen LogP contribution < -0.4 is 5.32 Å². The van der Waals surface area contributed by atoms with E-state index in [2.05, 4.69) is 12.2 Å². The quantitative estimate of drug-likeness (QED) is 0.718. The molecule has 0 aromatic heterocycles. The minimum absolute atomic E-state index is 0.00861. The molecule has 1 aliphatic carbocycles. The number of amides is 3. The maximum absolute atomic E-state index is 12.6. The summed E-state index contributed by atoms with van der Waals surface area (Å²) in [6.45, 7) is 4.63. The highest BCUT2D eigenvalue weighted by molar-refractivity contribution is 6.02. The van der Waals surface area contributed by atoms with E-state index in [0.29, 0.717) is 19.4 Å². The number of imide groups is 1. The van der Waals surface area contributed by atoms with Crippen LogP contribution in [0.2, 0.25) is 0 Å². The number of allylic oxidation sites excluding steroid dienone is 2. The number of carbonyl (C=O) groups is 3. The van der Waals surface area contributed by atoms with Crippen molar-refractivity contribution in [2.24, 2.45) is 11.3 Å². The lowest BCUT2D eigenvalue weighted by molar-refractivity contribution is -0.144. The Hall–Kier alpha value is -1.91. The third kappa shape index (κ3) is 1.72. The van der Waals surface area contributed by atoms with Gasteiger partial charge in [0.25, 0.3) is 0 Å². The molecular formula is C15H18N2O3. The zero-order valence-electron chi connectivity index (χ0n) is 11.7. The summed E-state index contributed by atoms with van der Waals surface area (Å²) >= 11 is 0. The van der Waals surface area contributed by atoms with E-state index in [9.17, 15) is 14.4 Å². The van der Waals surface area contributed by atoms with Crippen LogP contribution in [0.25, 0.3) is 0 Å². The maximum Gasteiger partial charge on any atom is 0.249 e. The Bertz CT molecular complexity index is 563. The summed E-state index contributed by atoms with van der Waals surface area (Å²) < 4.78 is 0. The van der Waals surface area contributed by atoms with Gasteiger partial charge in [-0.1, -0.05) is 30.7 Å². The van der Waals surface area contributed by atoms with Gasteiger partial charge in [-0.25, -0.2) is 0 Å². The lowest BCUT2D eigenvalue weighted by Gasteiger charge is -2.32. The number of hydrogen-bond acceptors (Lipinski definition) is 3. The SMILES string of the molecule is CC1=CC=CC2C(=O)N(C3CCC(=O)NC3=O)CC12C. The van der Waals surface area contributed by atoms with Crippen LogP contribution in [0.3, 0.4) is 0 Å². The minimum Gasteiger partial charge on any atom is -0.329 e. The topological polar surface area (TPSA) is 66.5 Å². The molecule has 5 nitrogen and oxygen atoms in total. The minimum atomic E-state index is -0.510. The molecule has 0 radical (unpaired) electrons. The normalized spacial score (nSPS) is 36.8. The predicted molar refractivity (Wildman–Crippen MR) is 72.4 cm³/mol. The van der Waals surface area contributed by atoms with Crippen molar-refractivity contribution in [2.75, 3.05) is 6.54 Å². The van der Waals surface area contributed by atoms with Crippen molar-refractivity contribution in [1.29, 1.82) is 0 Å². The van der Waals surface area contributed by atoms with Gasteiger partial charge < -0.3 is 4.90 Å². The van der Waals surface area contributed by atoms with E-state index in [0.717, 1.165) is 5.57 Å². The van der Waals surface area contributed by atoms with Crippen LogP contribution in [0, 0.1) is 11.3 Å². The highest BCUT2D eigenvalue weighted by atomic mass is 16.2. The van der Waals surface area contributed by atoms with Crippen molar-refractivity contribution in [2.45, 2.75) is 32.7 Å². The summed E-state index contributed by atoms with van der Waals surface area (Å²) in [5, 5.41) is 2.33. The number of hydrogen-bond donors (Lipinski definition) is 1. The second kappa shape index (κ2) is 4.30. The van der Waals surface area contributed by atoms with Gasteiger partial charge in [0, 0.05) is 18.4 Å². The molecule has 2 heterocycles. The van der Waals surface area contributed by atoms with Gasteiger partial charge in [-0.15, -0.1) is 0 Å². The van der Waals surface area contributed by atoms with Crippen LogP contribution in [0.1, 0.15) is 26.7 Å². The summed E-state index contributed by atoms with van der Waals surface area (Å²) in [6, 6.07) is -0.510. The van der Waals surface area contributed by atoms with E-state index in [1.165, 1.54) is 0 Å². The van der Waals surface area contributed by atoms with Gasteiger partial charge in [0.2, 0.25) is 17.7 Å². The maximum atomic E-state index is 12.6. The first-order valence-corrected chi connectivity index (χ1v) is 6.93. The number of fused-ring (bicyclic) bond motifs is 1. The molecule has 106 valence electrons. The molecule has 2 saturated heterocycles. The van der Waals surface area contributed by atoms with Gasteiger partial charge in [0.15, 0.2) is 0 Å². The Morgan fingerprint density at radius 1 is 1.35 bits per heavy atom. The van der Waals surface area contributed by atoms with E-state index in [4.69, 9.17) is 0 Å². The van der Waals surface area contributed by atoms with Crippen LogP contribution >= 0.6 is 0 Å². The van der Waals surface area contributed by atoms with E-state index in [1.807, 2.05) is 25.2 Å². The number of likely N-dealkylation sites (tertiary alicyclic amines) is 1. The highest BCUT2D eigenvalue weighted by Crippen LogP contribution is 2.46. The van der Waals surface area contributed by atoms with Crippen LogP contribution in [-0.4, -0.2) is 35.2 Å². The van der Waals surface area contributed by atoms with Crippen molar-refractivity contribution in [3.8, 4) is 0 Å². The molecule has 0 bridgehead atoms. The molecule has 3 amide bonds. The molecule has 3 unspecified atom stereocenters. The Labute approximate surface area is 117 Å². The predicted octanol–water partition coefficient (Wildman–Crippen LogP) is 0.772. The lowest BCUT2D eigenvalue weighted by Crippen LogP contribution is -2.53. The molecule has 1 N–H and O–H groups in total. The third-order valence-corrected chi connectivity index (χ3v) is 4.87. The standard InChI is InChI=1S/C15H18N2O3/c1-9-4-3-5-10-14(20)17(8-15(9,10)2)11-6-7-12(18)16-13(11)19/h3-5,10-11H,6-8H2,1-2H3,(H,16,18,19). The van der Waals surface area contributed by atoms with Crippen LogP contribution in [-0.2, 0) is 14.4 Å². The summed E-state index contributed by atoms with van der Waals surface area (Å²) in [5.74, 6) is -0.802. The van der Waals surface area contributed by atoms with E-state index < -0.39 is 6.04 Å². The third-order valence-electron chi connectivity index (χ3n) is 4.87. The average Bonchev–Trinajstić information content (AvgIpc) is 2.65. The number of piperidine rings is 1. The molecule has 3 atom stereocenters. The molecule has 2 aliphatic heterocycles. The van der Waals surface area contributed by atoms with Gasteiger partial charge in [0.1, 0.15) is 6.04 Å². The zero-order chi connectivity index (χ0) is 14.5. The first kappa shape index (κ1) is 13.1. The van der Waals surface area contributed by atoms with Gasteiger partial charge >= 0.3 is 0 Å². The van der Waals surface area contributed by atoms with E-state index in [1.54, 1.807) is 4.90 Å². The highest BCUT2D eigenvalue weighted by Gasteiger charge is 2.52. The Morgan fingerprint density at radius 3 is 2.75 bits per heavy atom. The van der Waals surface area contributed by atoms with Crippen LogP contribution in [0.5, 0.6) is 0 Å². The number of rotatable bonds is 1. The molecule has 0 spiro atoms. The van der Waals surface area contributed by atoms with Crippen LogP contribution in [0.15, 0.2) is 23.8 Å². The smallest absolute Gasteiger partial charge is 0.249 e. The fraction of sp³-hybridized carbons (Fsp3) is 0.533. The second-order valence-corrected chi connectivity index (χ2v) is 6.06. The largest absolute Gasteiger partial charge is 0.329 e. The Kier molecular flexibility index (Phi) is 2.81. The first-order valence-electron chi connectivity index (χ1n) is 6.93. The van der Waals surface area contributed by atoms with Crippen molar-refractivity contribution < 1.29 is 14.4 Å². The van der Waals surface area contributed by atoms with Gasteiger partial charge in [-0.2, -0.15) is 0 Å². The molecule has 0 aromatic rings. The van der Waals surface area contributed by atoms with Crippen LogP contribution in [0.4, 0.5) is 0 Å². The Balaban J connectivity index is 1.89. The summed E-state index contributed by atoms with van der Waals surface area (Å²) in [6.07, 6.45) is 6.57. The van der Waals surface area contributed by atoms with Gasteiger partial charge in [-0.3, -0.25) is 19.7 Å². The molecule has 2 fully saturated rings. The van der Waals surface area contributed by atoms with Crippen molar-refractivity contribution in [1.82, 2.24) is 10.2 Å².